The third kappa shape index (κ3) is 3.43. The Morgan fingerprint density at radius 2 is 2.10 bits per heavy atom. The van der Waals surface area contributed by atoms with E-state index in [1.807, 2.05) is 0 Å². The maximum absolute atomic E-state index is 12.0. The van der Waals surface area contributed by atoms with Crippen LogP contribution < -0.4 is 10.6 Å². The van der Waals surface area contributed by atoms with E-state index < -0.39 is 17.5 Å². The van der Waals surface area contributed by atoms with Gasteiger partial charge in [-0.15, -0.1) is 0 Å². The van der Waals surface area contributed by atoms with Crippen LogP contribution in [0.3, 0.4) is 0 Å². The number of nitrogens with one attached hydrogen (secondary N) is 2. The van der Waals surface area contributed by atoms with Crippen molar-refractivity contribution >= 4 is 45.2 Å². The van der Waals surface area contributed by atoms with Gasteiger partial charge in [0, 0.05) is 0 Å². The summed E-state index contributed by atoms with van der Waals surface area (Å²) in [6.45, 7) is 0. The molecule has 1 aromatic rings. The second-order valence-corrected chi connectivity index (χ2v) is 6.09. The van der Waals surface area contributed by atoms with Gasteiger partial charge in [0.1, 0.15) is 0 Å². The van der Waals surface area contributed by atoms with Gasteiger partial charge in [-0.1, -0.05) is 17.7 Å². The first kappa shape index (κ1) is 15.1. The number of carbonyl (C=O) groups is 2. The summed E-state index contributed by atoms with van der Waals surface area (Å²) >= 11 is 9.23. The summed E-state index contributed by atoms with van der Waals surface area (Å²) < 4.78 is 0.595. The molecule has 0 spiro atoms. The lowest BCUT2D eigenvalue weighted by atomic mass is 9.74. The van der Waals surface area contributed by atoms with Gasteiger partial charge in [-0.3, -0.25) is 4.79 Å². The molecule has 0 aromatic heterocycles. The molecule has 0 heterocycles. The lowest BCUT2D eigenvalue weighted by Crippen LogP contribution is -2.55. The Balaban J connectivity index is 2.02. The van der Waals surface area contributed by atoms with Crippen molar-refractivity contribution < 1.29 is 14.7 Å². The van der Waals surface area contributed by atoms with Crippen LogP contribution in [-0.4, -0.2) is 22.6 Å². The van der Waals surface area contributed by atoms with Crippen LogP contribution in [0.5, 0.6) is 0 Å². The van der Waals surface area contributed by atoms with Gasteiger partial charge in [-0.25, -0.2) is 4.79 Å². The van der Waals surface area contributed by atoms with Gasteiger partial charge in [-0.05, 0) is 47.3 Å². The minimum atomic E-state index is -0.908. The zero-order valence-electron chi connectivity index (χ0n) is 10.6. The summed E-state index contributed by atoms with van der Waals surface area (Å²) in [6.07, 6.45) is 2.23. The van der Waals surface area contributed by atoms with Gasteiger partial charge in [-0.2, -0.15) is 0 Å². The molecule has 3 N–H and O–H groups in total. The zero-order chi connectivity index (χ0) is 14.8. The van der Waals surface area contributed by atoms with Gasteiger partial charge >= 0.3 is 12.0 Å². The summed E-state index contributed by atoms with van der Waals surface area (Å²) in [4.78, 5) is 22.8. The van der Waals surface area contributed by atoms with Crippen molar-refractivity contribution in [2.45, 2.75) is 31.2 Å². The van der Waals surface area contributed by atoms with Gasteiger partial charge in [0.2, 0.25) is 0 Å². The highest BCUT2D eigenvalue weighted by Gasteiger charge is 2.40. The summed E-state index contributed by atoms with van der Waals surface area (Å²) in [5.74, 6) is -0.908. The molecule has 2 amide bonds. The van der Waals surface area contributed by atoms with Crippen LogP contribution >= 0.6 is 27.5 Å². The first-order valence-corrected chi connectivity index (χ1v) is 7.34. The fourth-order valence-electron chi connectivity index (χ4n) is 2.23. The van der Waals surface area contributed by atoms with E-state index in [1.165, 1.54) is 0 Å². The molecule has 108 valence electrons. The molecule has 0 aliphatic heterocycles. The SMILES string of the molecule is O=C(O)CC1(NC(=O)Nc2cccc(Cl)c2Br)CCC1. The number of hydrogen-bond donors (Lipinski definition) is 3. The molecule has 2 rings (SSSR count). The fraction of sp³-hybridized carbons (Fsp3) is 0.385. The average molecular weight is 362 g/mol. The number of urea groups is 1. The van der Waals surface area contributed by atoms with Crippen LogP contribution in [0.15, 0.2) is 22.7 Å². The smallest absolute Gasteiger partial charge is 0.319 e. The summed E-state index contributed by atoms with van der Waals surface area (Å²) in [7, 11) is 0. The zero-order valence-corrected chi connectivity index (χ0v) is 12.9. The number of carboxylic acids is 1. The van der Waals surface area contributed by atoms with Crippen molar-refractivity contribution in [1.82, 2.24) is 5.32 Å². The van der Waals surface area contributed by atoms with Crippen LogP contribution in [-0.2, 0) is 4.79 Å². The second kappa shape index (κ2) is 6.01. The molecule has 1 saturated carbocycles. The van der Waals surface area contributed by atoms with Gasteiger partial charge in [0.05, 0.1) is 27.1 Å². The monoisotopic (exact) mass is 360 g/mol. The lowest BCUT2D eigenvalue weighted by molar-refractivity contribution is -0.139. The lowest BCUT2D eigenvalue weighted by Gasteiger charge is -2.41. The van der Waals surface area contributed by atoms with Crippen LogP contribution in [0.25, 0.3) is 0 Å². The highest BCUT2D eigenvalue weighted by molar-refractivity contribution is 9.10. The van der Waals surface area contributed by atoms with Crippen molar-refractivity contribution in [2.24, 2.45) is 0 Å². The molecule has 1 fully saturated rings. The van der Waals surface area contributed by atoms with E-state index in [1.54, 1.807) is 18.2 Å². The molecular formula is C13H14BrClN2O3. The highest BCUT2D eigenvalue weighted by Crippen LogP contribution is 2.35. The second-order valence-electron chi connectivity index (χ2n) is 4.88. The van der Waals surface area contributed by atoms with E-state index >= 15 is 0 Å². The van der Waals surface area contributed by atoms with E-state index in [2.05, 4.69) is 26.6 Å². The number of rotatable bonds is 4. The summed E-state index contributed by atoms with van der Waals surface area (Å²) in [5, 5.41) is 14.8. The van der Waals surface area contributed by atoms with Crippen LogP contribution in [0.4, 0.5) is 10.5 Å². The molecule has 20 heavy (non-hydrogen) atoms. The number of anilines is 1. The fourth-order valence-corrected chi connectivity index (χ4v) is 2.77. The van der Waals surface area contributed by atoms with E-state index in [4.69, 9.17) is 16.7 Å². The topological polar surface area (TPSA) is 78.4 Å². The molecule has 1 aromatic carbocycles. The van der Waals surface area contributed by atoms with Gasteiger partial charge < -0.3 is 15.7 Å². The Hall–Kier alpha value is -1.27. The minimum Gasteiger partial charge on any atom is -0.481 e. The number of hydrogen-bond acceptors (Lipinski definition) is 2. The molecule has 5 nitrogen and oxygen atoms in total. The highest BCUT2D eigenvalue weighted by atomic mass is 79.9. The molecule has 7 heteroatoms. The van der Waals surface area contributed by atoms with Crippen molar-refractivity contribution in [3.05, 3.63) is 27.7 Å². The summed E-state index contributed by atoms with van der Waals surface area (Å²) in [6, 6.07) is 4.71. The van der Waals surface area contributed by atoms with Gasteiger partial charge in [0.15, 0.2) is 0 Å². The Kier molecular flexibility index (Phi) is 4.55. The predicted octanol–water partition coefficient (Wildman–Crippen LogP) is 3.62. The Morgan fingerprint density at radius 3 is 2.65 bits per heavy atom. The van der Waals surface area contributed by atoms with Crippen molar-refractivity contribution in [1.29, 1.82) is 0 Å². The quantitative estimate of drug-likeness (QED) is 0.766. The van der Waals surface area contributed by atoms with Crippen molar-refractivity contribution in [3.8, 4) is 0 Å². The number of carboxylic acid groups (broad SMARTS) is 1. The number of halogens is 2. The first-order valence-electron chi connectivity index (χ1n) is 6.17. The van der Waals surface area contributed by atoms with Crippen LogP contribution in [0, 0.1) is 0 Å². The van der Waals surface area contributed by atoms with Gasteiger partial charge in [0.25, 0.3) is 0 Å². The van der Waals surface area contributed by atoms with Crippen molar-refractivity contribution in [2.75, 3.05) is 5.32 Å². The number of benzene rings is 1. The summed E-state index contributed by atoms with van der Waals surface area (Å²) in [5.41, 5.74) is -0.0826. The van der Waals surface area contributed by atoms with E-state index in [-0.39, 0.29) is 6.42 Å². The van der Waals surface area contributed by atoms with E-state index in [0.717, 1.165) is 6.42 Å². The van der Waals surface area contributed by atoms with E-state index in [0.29, 0.717) is 28.0 Å². The maximum atomic E-state index is 12.0. The normalized spacial score (nSPS) is 16.1. The minimum absolute atomic E-state index is 0.0584. The molecule has 0 radical (unpaired) electrons. The Labute approximate surface area is 129 Å². The van der Waals surface area contributed by atoms with Crippen LogP contribution in [0.1, 0.15) is 25.7 Å². The predicted molar refractivity (Wildman–Crippen MR) is 80.1 cm³/mol. The molecule has 1 aliphatic rings. The third-order valence-electron chi connectivity index (χ3n) is 3.38. The number of aliphatic carboxylic acids is 1. The Morgan fingerprint density at radius 1 is 1.40 bits per heavy atom. The average Bonchev–Trinajstić information content (AvgIpc) is 2.31. The molecule has 0 unspecified atom stereocenters. The third-order valence-corrected chi connectivity index (χ3v) is 4.78. The molecule has 0 atom stereocenters. The van der Waals surface area contributed by atoms with E-state index in [9.17, 15) is 9.59 Å². The molecule has 0 bridgehead atoms. The largest absolute Gasteiger partial charge is 0.481 e. The standard InChI is InChI=1S/C13H14BrClN2O3/c14-11-8(15)3-1-4-9(11)16-12(20)17-13(5-2-6-13)7-10(18)19/h1,3-4H,2,5-7H2,(H,18,19)(H2,16,17,20). The number of amides is 2. The Bertz CT molecular complexity index is 546. The van der Waals surface area contributed by atoms with Crippen molar-refractivity contribution in [3.63, 3.8) is 0 Å². The molecule has 0 saturated heterocycles. The first-order chi connectivity index (χ1) is 9.42. The molecular weight excluding hydrogens is 348 g/mol. The maximum Gasteiger partial charge on any atom is 0.319 e. The molecule has 1 aliphatic carbocycles. The number of carbonyl (C=O) groups excluding carboxylic acids is 1. The van der Waals surface area contributed by atoms with Crippen LogP contribution in [0.2, 0.25) is 5.02 Å².